The molecule has 0 saturated heterocycles. The summed E-state index contributed by atoms with van der Waals surface area (Å²) in [5.74, 6) is 0.344. The number of carbonyl (C=O) groups is 1. The van der Waals surface area contributed by atoms with Crippen LogP contribution in [0.4, 0.5) is 5.69 Å². The minimum absolute atomic E-state index is 0.0443. The maximum absolute atomic E-state index is 12.4. The third-order valence-corrected chi connectivity index (χ3v) is 5.04. The summed E-state index contributed by atoms with van der Waals surface area (Å²) in [7, 11) is -1.91. The number of rotatable bonds is 5. The molecule has 0 unspecified atom stereocenters. The Labute approximate surface area is 145 Å². The number of aromatic nitrogens is 3. The molecular formula is C16H17N5O3S. The molecule has 9 heteroatoms. The van der Waals surface area contributed by atoms with Gasteiger partial charge in [-0.05, 0) is 36.4 Å². The summed E-state index contributed by atoms with van der Waals surface area (Å²) in [5.41, 5.74) is 1.93. The van der Waals surface area contributed by atoms with Gasteiger partial charge in [0.1, 0.15) is 11.3 Å². The van der Waals surface area contributed by atoms with E-state index >= 15 is 0 Å². The topological polar surface area (TPSA) is 106 Å². The van der Waals surface area contributed by atoms with E-state index in [9.17, 15) is 13.2 Å². The van der Waals surface area contributed by atoms with Crippen molar-refractivity contribution in [3.05, 3.63) is 48.4 Å². The van der Waals surface area contributed by atoms with Gasteiger partial charge in [-0.25, -0.2) is 23.1 Å². The second-order valence-electron chi connectivity index (χ2n) is 5.46. The zero-order valence-electron chi connectivity index (χ0n) is 13.7. The summed E-state index contributed by atoms with van der Waals surface area (Å²) in [6.45, 7) is 1.43. The van der Waals surface area contributed by atoms with E-state index < -0.39 is 10.0 Å². The Kier molecular flexibility index (Phi) is 4.51. The van der Waals surface area contributed by atoms with Crippen LogP contribution in [0.15, 0.2) is 47.5 Å². The van der Waals surface area contributed by atoms with Crippen LogP contribution in [0, 0.1) is 0 Å². The SMILES string of the molecule is CC(=O)Nc1ccc(S(=O)(=O)NCc2nc3cccnc3n2C)cc1. The number of benzene rings is 1. The number of aryl methyl sites for hydroxylation is 1. The van der Waals surface area contributed by atoms with Crippen LogP contribution in [0.5, 0.6) is 0 Å². The number of sulfonamides is 1. The largest absolute Gasteiger partial charge is 0.326 e. The van der Waals surface area contributed by atoms with Gasteiger partial charge in [-0.2, -0.15) is 0 Å². The van der Waals surface area contributed by atoms with E-state index in [2.05, 4.69) is 20.0 Å². The molecule has 0 bridgehead atoms. The normalized spacial score (nSPS) is 11.6. The lowest BCUT2D eigenvalue weighted by molar-refractivity contribution is -0.114. The lowest BCUT2D eigenvalue weighted by Gasteiger charge is -2.08. The zero-order chi connectivity index (χ0) is 18.0. The first kappa shape index (κ1) is 17.1. The second kappa shape index (κ2) is 6.61. The third kappa shape index (κ3) is 3.67. The Morgan fingerprint density at radius 2 is 1.92 bits per heavy atom. The Morgan fingerprint density at radius 3 is 2.56 bits per heavy atom. The van der Waals surface area contributed by atoms with Gasteiger partial charge in [-0.1, -0.05) is 0 Å². The Balaban J connectivity index is 1.76. The lowest BCUT2D eigenvalue weighted by Crippen LogP contribution is -2.24. The Bertz CT molecular complexity index is 1030. The maximum Gasteiger partial charge on any atom is 0.240 e. The van der Waals surface area contributed by atoms with Crippen LogP contribution in [0.25, 0.3) is 11.2 Å². The number of hydrogen-bond acceptors (Lipinski definition) is 5. The first-order valence-corrected chi connectivity index (χ1v) is 8.99. The van der Waals surface area contributed by atoms with Crippen molar-refractivity contribution < 1.29 is 13.2 Å². The fourth-order valence-electron chi connectivity index (χ4n) is 2.39. The molecule has 25 heavy (non-hydrogen) atoms. The second-order valence-corrected chi connectivity index (χ2v) is 7.23. The summed E-state index contributed by atoms with van der Waals surface area (Å²) in [6, 6.07) is 9.54. The van der Waals surface area contributed by atoms with E-state index in [-0.39, 0.29) is 17.3 Å². The monoisotopic (exact) mass is 359 g/mol. The highest BCUT2D eigenvalue weighted by atomic mass is 32.2. The third-order valence-electron chi connectivity index (χ3n) is 3.63. The number of imidazole rings is 1. The van der Waals surface area contributed by atoms with Crippen molar-refractivity contribution in [3.63, 3.8) is 0 Å². The summed E-state index contributed by atoms with van der Waals surface area (Å²) in [6.07, 6.45) is 1.66. The molecule has 3 rings (SSSR count). The molecule has 3 aromatic rings. The van der Waals surface area contributed by atoms with Gasteiger partial charge in [-0.3, -0.25) is 4.79 Å². The van der Waals surface area contributed by atoms with Gasteiger partial charge in [0, 0.05) is 25.9 Å². The van der Waals surface area contributed by atoms with Crippen LogP contribution in [0.2, 0.25) is 0 Å². The van der Waals surface area contributed by atoms with E-state index in [4.69, 9.17) is 0 Å². The molecular weight excluding hydrogens is 342 g/mol. The molecule has 0 spiro atoms. The van der Waals surface area contributed by atoms with Crippen LogP contribution in [0.1, 0.15) is 12.7 Å². The number of anilines is 1. The first-order chi connectivity index (χ1) is 11.9. The van der Waals surface area contributed by atoms with E-state index in [1.807, 2.05) is 6.07 Å². The number of hydrogen-bond donors (Lipinski definition) is 2. The van der Waals surface area contributed by atoms with Crippen molar-refractivity contribution in [2.24, 2.45) is 7.05 Å². The molecule has 1 aromatic carbocycles. The van der Waals surface area contributed by atoms with Crippen molar-refractivity contribution >= 4 is 32.8 Å². The maximum atomic E-state index is 12.4. The molecule has 0 saturated carbocycles. The van der Waals surface area contributed by atoms with E-state index in [0.717, 1.165) is 0 Å². The Hall–Kier alpha value is -2.78. The van der Waals surface area contributed by atoms with Gasteiger partial charge in [-0.15, -0.1) is 0 Å². The molecule has 0 aliphatic rings. The quantitative estimate of drug-likeness (QED) is 0.716. The standard InChI is InChI=1S/C16H17N5O3S/c1-11(22)19-12-5-7-13(8-6-12)25(23,24)18-10-15-20-14-4-3-9-17-16(14)21(15)2/h3-9,18H,10H2,1-2H3,(H,19,22). The minimum atomic E-state index is -3.69. The fraction of sp³-hybridized carbons (Fsp3) is 0.188. The summed E-state index contributed by atoms with van der Waals surface area (Å²) >= 11 is 0. The number of nitrogens with zero attached hydrogens (tertiary/aromatic N) is 3. The van der Waals surface area contributed by atoms with E-state index in [1.165, 1.54) is 31.2 Å². The highest BCUT2D eigenvalue weighted by Gasteiger charge is 2.16. The van der Waals surface area contributed by atoms with Crippen molar-refractivity contribution in [3.8, 4) is 0 Å². The highest BCUT2D eigenvalue weighted by Crippen LogP contribution is 2.15. The van der Waals surface area contributed by atoms with Gasteiger partial charge in [0.2, 0.25) is 15.9 Å². The predicted octanol–water partition coefficient (Wildman–Crippen LogP) is 1.41. The molecule has 0 aliphatic heterocycles. The van der Waals surface area contributed by atoms with Crippen LogP contribution < -0.4 is 10.0 Å². The smallest absolute Gasteiger partial charge is 0.240 e. The summed E-state index contributed by atoms with van der Waals surface area (Å²) < 4.78 is 29.1. The van der Waals surface area contributed by atoms with Crippen molar-refractivity contribution in [1.82, 2.24) is 19.3 Å². The van der Waals surface area contributed by atoms with Crippen LogP contribution in [-0.2, 0) is 28.4 Å². The van der Waals surface area contributed by atoms with Crippen molar-refractivity contribution in [1.29, 1.82) is 0 Å². The van der Waals surface area contributed by atoms with Crippen LogP contribution in [0.3, 0.4) is 0 Å². The van der Waals surface area contributed by atoms with Crippen molar-refractivity contribution in [2.75, 3.05) is 5.32 Å². The molecule has 2 N–H and O–H groups in total. The van der Waals surface area contributed by atoms with Gasteiger partial charge >= 0.3 is 0 Å². The molecule has 0 atom stereocenters. The number of amides is 1. The van der Waals surface area contributed by atoms with Gasteiger partial charge < -0.3 is 9.88 Å². The number of fused-ring (bicyclic) bond motifs is 1. The molecule has 130 valence electrons. The first-order valence-electron chi connectivity index (χ1n) is 7.50. The molecule has 2 heterocycles. The number of pyridine rings is 1. The van der Waals surface area contributed by atoms with Crippen molar-refractivity contribution in [2.45, 2.75) is 18.4 Å². The van der Waals surface area contributed by atoms with Crippen LogP contribution in [-0.4, -0.2) is 28.9 Å². The summed E-state index contributed by atoms with van der Waals surface area (Å²) in [4.78, 5) is 19.7. The number of nitrogens with one attached hydrogen (secondary N) is 2. The Morgan fingerprint density at radius 1 is 1.20 bits per heavy atom. The molecule has 8 nitrogen and oxygen atoms in total. The van der Waals surface area contributed by atoms with Gasteiger partial charge in [0.05, 0.1) is 11.4 Å². The van der Waals surface area contributed by atoms with E-state index in [1.54, 1.807) is 23.9 Å². The minimum Gasteiger partial charge on any atom is -0.326 e. The molecule has 0 radical (unpaired) electrons. The van der Waals surface area contributed by atoms with Crippen LogP contribution >= 0.6 is 0 Å². The average molecular weight is 359 g/mol. The molecule has 0 fully saturated rings. The predicted molar refractivity (Wildman–Crippen MR) is 93.3 cm³/mol. The summed E-state index contributed by atoms with van der Waals surface area (Å²) in [5, 5.41) is 2.59. The average Bonchev–Trinajstić information content (AvgIpc) is 2.90. The molecule has 1 amide bonds. The van der Waals surface area contributed by atoms with E-state index in [0.29, 0.717) is 22.7 Å². The molecule has 2 aromatic heterocycles. The van der Waals surface area contributed by atoms with Gasteiger partial charge in [0.25, 0.3) is 0 Å². The van der Waals surface area contributed by atoms with Gasteiger partial charge in [0.15, 0.2) is 5.65 Å². The fourth-order valence-corrected chi connectivity index (χ4v) is 3.37. The highest BCUT2D eigenvalue weighted by molar-refractivity contribution is 7.89. The lowest BCUT2D eigenvalue weighted by atomic mass is 10.3. The zero-order valence-corrected chi connectivity index (χ0v) is 14.5. The molecule has 0 aliphatic carbocycles. The number of carbonyl (C=O) groups excluding carboxylic acids is 1.